The molecule has 0 fully saturated rings. The molecule has 0 aliphatic heterocycles. The van der Waals surface area contributed by atoms with Crippen LogP contribution in [0.4, 0.5) is 0 Å². The van der Waals surface area contributed by atoms with E-state index in [0.29, 0.717) is 23.9 Å². The molecule has 2 unspecified atom stereocenters. The third kappa shape index (κ3) is 66.1. The number of ether oxygens (including phenoxy) is 4. The molecular weight excluding hydrogens is 1030 g/mol. The monoisotopic (exact) mass is 1160 g/mol. The van der Waals surface area contributed by atoms with Crippen molar-refractivity contribution in [1.82, 2.24) is 0 Å². The van der Waals surface area contributed by atoms with E-state index in [1.807, 2.05) is 21.1 Å². The van der Waals surface area contributed by atoms with E-state index in [4.69, 9.17) is 18.9 Å². The maximum absolute atomic E-state index is 12.9. The zero-order chi connectivity index (χ0) is 60.5. The molecule has 0 spiro atoms. The minimum atomic E-state index is -1.62. The van der Waals surface area contributed by atoms with Gasteiger partial charge in [-0.05, 0) is 64.2 Å². The summed E-state index contributed by atoms with van der Waals surface area (Å²) in [6, 6.07) is 0. The normalized spacial score (nSPS) is 13.1. The number of nitrogens with zero attached hydrogens (tertiary/aromatic N) is 1. The summed E-state index contributed by atoms with van der Waals surface area (Å²) in [7, 11) is 5.94. The molecule has 0 aromatic heterocycles. The van der Waals surface area contributed by atoms with Crippen molar-refractivity contribution in [2.24, 2.45) is 0 Å². The highest BCUT2D eigenvalue weighted by atomic mass is 16.7. The second-order valence-corrected chi connectivity index (χ2v) is 24.8. The van der Waals surface area contributed by atoms with Gasteiger partial charge in [-0.25, -0.2) is 0 Å². The minimum Gasteiger partial charge on any atom is -0.545 e. The highest BCUT2D eigenvalue weighted by molar-refractivity contribution is 5.70. The largest absolute Gasteiger partial charge is 0.545 e. The van der Waals surface area contributed by atoms with E-state index in [0.717, 1.165) is 70.6 Å². The number of likely N-dealkylation sites (N-methyl/N-ethyl adjacent to an activating group) is 1. The topological polar surface area (TPSA) is 111 Å². The summed E-state index contributed by atoms with van der Waals surface area (Å²) in [5.74, 6) is -2.26. The van der Waals surface area contributed by atoms with E-state index in [9.17, 15) is 19.5 Å². The summed E-state index contributed by atoms with van der Waals surface area (Å²) in [5, 5.41) is 11.8. The number of carbonyl (C=O) groups is 3. The molecule has 0 aromatic rings. The van der Waals surface area contributed by atoms with Crippen LogP contribution in [0.5, 0.6) is 0 Å². The van der Waals surface area contributed by atoms with E-state index < -0.39 is 24.3 Å². The minimum absolute atomic E-state index is 0.149. The number of esters is 2. The van der Waals surface area contributed by atoms with Gasteiger partial charge >= 0.3 is 11.9 Å². The van der Waals surface area contributed by atoms with Gasteiger partial charge in [-0.15, -0.1) is 0 Å². The number of carboxylic acid groups (broad SMARTS) is 1. The molecule has 83 heavy (non-hydrogen) atoms. The lowest BCUT2D eigenvalue weighted by Crippen LogP contribution is -2.44. The van der Waals surface area contributed by atoms with Crippen LogP contribution in [0.25, 0.3) is 0 Å². The Morgan fingerprint density at radius 2 is 0.687 bits per heavy atom. The van der Waals surface area contributed by atoms with Gasteiger partial charge in [-0.2, -0.15) is 0 Å². The van der Waals surface area contributed by atoms with E-state index in [-0.39, 0.29) is 32.2 Å². The van der Waals surface area contributed by atoms with Crippen LogP contribution in [0, 0.1) is 0 Å². The quantitative estimate of drug-likeness (QED) is 0.0195. The van der Waals surface area contributed by atoms with Gasteiger partial charge in [0.2, 0.25) is 0 Å². The number of hydrogen-bond acceptors (Lipinski definition) is 8. The van der Waals surface area contributed by atoms with Crippen LogP contribution in [0.3, 0.4) is 0 Å². The number of unbranched alkanes of at least 4 members (excludes halogenated alkanes) is 38. The van der Waals surface area contributed by atoms with Gasteiger partial charge in [0.25, 0.3) is 0 Å². The predicted molar refractivity (Wildman–Crippen MR) is 352 cm³/mol. The first-order chi connectivity index (χ1) is 40.6. The first kappa shape index (κ1) is 79.7. The third-order valence-corrected chi connectivity index (χ3v) is 15.5. The van der Waals surface area contributed by atoms with E-state index in [1.165, 1.54) is 218 Å². The van der Waals surface area contributed by atoms with Crippen molar-refractivity contribution < 1.29 is 42.9 Å². The second-order valence-electron chi connectivity index (χ2n) is 24.8. The molecule has 0 aliphatic rings. The zero-order valence-electron chi connectivity index (χ0n) is 55.1. The lowest BCUT2D eigenvalue weighted by atomic mass is 10.0. The fraction of sp³-hybridized carbons (Fsp3) is 0.797. The molecule has 0 heterocycles. The summed E-state index contributed by atoms with van der Waals surface area (Å²) >= 11 is 0. The smallest absolute Gasteiger partial charge is 0.306 e. The van der Waals surface area contributed by atoms with Crippen molar-refractivity contribution in [3.63, 3.8) is 0 Å². The van der Waals surface area contributed by atoms with Crippen molar-refractivity contribution in [2.45, 2.75) is 334 Å². The molecule has 0 radical (unpaired) electrons. The molecule has 9 nitrogen and oxygen atoms in total. The Labute approximate surface area is 513 Å². The Kier molecular flexibility index (Phi) is 62.2. The Hall–Kier alpha value is -3.27. The number of carboxylic acids is 1. The predicted octanol–water partition coefficient (Wildman–Crippen LogP) is 20.4. The lowest BCUT2D eigenvalue weighted by Gasteiger charge is -2.26. The van der Waals surface area contributed by atoms with Crippen LogP contribution in [-0.2, 0) is 33.3 Å². The Morgan fingerprint density at radius 3 is 1.02 bits per heavy atom. The van der Waals surface area contributed by atoms with Gasteiger partial charge in [-0.3, -0.25) is 9.59 Å². The number of aliphatic carboxylic acids is 1. The number of carbonyl (C=O) groups excluding carboxylic acids is 3. The van der Waals surface area contributed by atoms with Crippen molar-refractivity contribution in [3.8, 4) is 0 Å². The fourth-order valence-corrected chi connectivity index (χ4v) is 10.1. The van der Waals surface area contributed by atoms with E-state index in [1.54, 1.807) is 0 Å². The molecule has 0 amide bonds. The number of rotatable bonds is 65. The van der Waals surface area contributed by atoms with E-state index in [2.05, 4.69) is 86.8 Å². The average Bonchev–Trinajstić information content (AvgIpc) is 3.46. The Bertz CT molecular complexity index is 1590. The van der Waals surface area contributed by atoms with Gasteiger partial charge in [-0.1, -0.05) is 318 Å². The van der Waals surface area contributed by atoms with Crippen molar-refractivity contribution in [3.05, 3.63) is 72.9 Å². The second kappa shape index (κ2) is 64.7. The molecule has 0 aliphatic carbocycles. The number of allylic oxidation sites excluding steroid dienone is 12. The molecule has 9 heteroatoms. The molecule has 2 atom stereocenters. The number of quaternary nitrogens is 1. The standard InChI is InChI=1S/C74H133NO8/c1-6-8-10-12-14-16-18-20-22-24-26-28-29-30-31-32-33-34-35-36-37-38-39-40-41-42-43-45-47-49-51-53-55-57-59-61-63-65-72(77)83-70(69-82-74(73(78)79)80-67-66-75(3,4)5)68-81-71(76)64-62-60-58-56-54-52-50-48-46-44-27-25-23-21-19-17-15-13-11-9-7-2/h8,10,14,16,20,22,26,28,30-31,33-34,70,74H,6-7,9,11-13,15,17-19,21,23-25,27,29,32,35-69H2,1-5H3/b10-8-,16-14-,22-20-,28-26-,31-30-,34-33-. The van der Waals surface area contributed by atoms with Crippen LogP contribution in [0.2, 0.25) is 0 Å². The summed E-state index contributed by atoms with van der Waals surface area (Å²) in [5.41, 5.74) is 0. The van der Waals surface area contributed by atoms with Crippen LogP contribution in [0.15, 0.2) is 72.9 Å². The van der Waals surface area contributed by atoms with Gasteiger partial charge < -0.3 is 33.3 Å². The van der Waals surface area contributed by atoms with Gasteiger partial charge in [0.15, 0.2) is 12.4 Å². The van der Waals surface area contributed by atoms with Gasteiger partial charge in [0.1, 0.15) is 13.2 Å². The Balaban J connectivity index is 4.05. The van der Waals surface area contributed by atoms with Crippen LogP contribution in [-0.4, -0.2) is 82.3 Å². The summed E-state index contributed by atoms with van der Waals surface area (Å²) in [6.45, 7) is 4.69. The molecule has 0 aromatic carbocycles. The van der Waals surface area contributed by atoms with Crippen LogP contribution in [0.1, 0.15) is 322 Å². The lowest BCUT2D eigenvalue weighted by molar-refractivity contribution is -0.870. The molecular formula is C74H133NO8. The fourth-order valence-electron chi connectivity index (χ4n) is 10.1. The SMILES string of the molecule is CC/C=C\C/C=C\C/C=C\C/C=C\C/C=C\C/C=C\CCCCCCCCCCCCCCCCCCCCC(=O)OC(COC(=O)CCCCCCCCCCCCCCCCCCCCCCC)COC(OCC[N+](C)(C)C)C(=O)[O-]. The summed E-state index contributed by atoms with van der Waals surface area (Å²) in [4.78, 5) is 37.5. The van der Waals surface area contributed by atoms with Crippen molar-refractivity contribution in [2.75, 3.05) is 47.5 Å². The molecule has 0 N–H and O–H groups in total. The molecule has 0 bridgehead atoms. The third-order valence-electron chi connectivity index (χ3n) is 15.5. The average molecular weight is 1160 g/mol. The van der Waals surface area contributed by atoms with Gasteiger partial charge in [0.05, 0.1) is 40.3 Å². The molecule has 0 rings (SSSR count). The van der Waals surface area contributed by atoms with Crippen molar-refractivity contribution >= 4 is 17.9 Å². The first-order valence-electron chi connectivity index (χ1n) is 35.1. The summed E-state index contributed by atoms with van der Waals surface area (Å²) < 4.78 is 22.8. The maximum Gasteiger partial charge on any atom is 0.306 e. The maximum atomic E-state index is 12.9. The summed E-state index contributed by atoms with van der Waals surface area (Å²) in [6.07, 6.45) is 82.7. The van der Waals surface area contributed by atoms with Crippen molar-refractivity contribution in [1.29, 1.82) is 0 Å². The van der Waals surface area contributed by atoms with Crippen LogP contribution >= 0.6 is 0 Å². The first-order valence-corrected chi connectivity index (χ1v) is 35.1. The molecule has 0 saturated heterocycles. The highest BCUT2D eigenvalue weighted by Gasteiger charge is 2.22. The van der Waals surface area contributed by atoms with Crippen LogP contribution < -0.4 is 5.11 Å². The number of hydrogen-bond donors (Lipinski definition) is 0. The molecule has 482 valence electrons. The zero-order valence-corrected chi connectivity index (χ0v) is 55.1. The Morgan fingerprint density at radius 1 is 0.373 bits per heavy atom. The highest BCUT2D eigenvalue weighted by Crippen LogP contribution is 2.18. The van der Waals surface area contributed by atoms with Gasteiger partial charge in [0, 0.05) is 12.8 Å². The van der Waals surface area contributed by atoms with E-state index >= 15 is 0 Å². The molecule has 0 saturated carbocycles.